The molecule has 52 heavy (non-hydrogen) atoms. The zero-order valence-electron chi connectivity index (χ0n) is 32.3. The number of methoxy groups -OCH3 is 1. The standard InChI is InChI=1S/C40H58FN9O2/c1-25-21-34(27(3)28(4)40(25,5)6)46-39(49-16-14-43-26(2)24-49)44-30-10-12-32-35(22-30)45-37(36(42)48-19-17-47(7)18-20-48)50(38(32)51)15-13-29-9-11-31(52-8)23-33(29)41/h9-12,22-23,25-28,34,42-43H,13-21,24H2,1-8H3,(H,44,46)/t25-,26+,27+,28+,34+/m1/s1. The monoisotopic (exact) mass is 715 g/mol. The van der Waals surface area contributed by atoms with Crippen molar-refractivity contribution in [2.24, 2.45) is 28.2 Å². The second-order valence-corrected chi connectivity index (χ2v) is 16.0. The number of hydrogen-bond acceptors (Lipinski definition) is 7. The number of fused-ring (bicyclic) bond motifs is 1. The Labute approximate surface area is 308 Å². The van der Waals surface area contributed by atoms with Crippen LogP contribution in [0.25, 0.3) is 10.9 Å². The molecule has 0 amide bonds. The van der Waals surface area contributed by atoms with Crippen LogP contribution in [0, 0.1) is 34.4 Å². The maximum absolute atomic E-state index is 15.0. The smallest absolute Gasteiger partial charge is 0.261 e. The van der Waals surface area contributed by atoms with E-state index in [0.29, 0.717) is 64.9 Å². The lowest BCUT2D eigenvalue weighted by Crippen LogP contribution is -2.54. The normalized spacial score (nSPS) is 25.7. The fraction of sp³-hybridized carbons (Fsp3) is 0.600. The number of likely N-dealkylation sites (N-methyl/N-ethyl adjacent to an activating group) is 1. The molecule has 11 nitrogen and oxygen atoms in total. The number of aliphatic imine (C=N–C) groups is 1. The molecule has 5 atom stereocenters. The van der Waals surface area contributed by atoms with Gasteiger partial charge in [0, 0.05) is 70.2 Å². The molecular formula is C40H58FN9O2. The molecule has 0 unspecified atom stereocenters. The molecule has 282 valence electrons. The van der Waals surface area contributed by atoms with E-state index in [1.165, 1.54) is 13.2 Å². The quantitative estimate of drug-likeness (QED) is 0.228. The minimum Gasteiger partial charge on any atom is -0.497 e. The van der Waals surface area contributed by atoms with E-state index in [1.807, 2.05) is 23.1 Å². The van der Waals surface area contributed by atoms with Crippen molar-refractivity contribution in [3.8, 4) is 5.75 Å². The van der Waals surface area contributed by atoms with Crippen molar-refractivity contribution in [2.45, 2.75) is 73.0 Å². The molecule has 1 aromatic heterocycles. The van der Waals surface area contributed by atoms with Gasteiger partial charge in [0.1, 0.15) is 11.6 Å². The number of benzene rings is 2. The molecule has 6 rings (SSSR count). The number of guanidine groups is 1. The third-order valence-electron chi connectivity index (χ3n) is 12.5. The molecule has 1 aliphatic carbocycles. The van der Waals surface area contributed by atoms with Gasteiger partial charge in [-0.2, -0.15) is 0 Å². The molecule has 3 fully saturated rings. The van der Waals surface area contributed by atoms with Gasteiger partial charge in [-0.25, -0.2) is 14.4 Å². The number of anilines is 1. The lowest BCUT2D eigenvalue weighted by molar-refractivity contribution is 0.0266. The minimum atomic E-state index is -0.390. The third kappa shape index (κ3) is 7.83. The van der Waals surface area contributed by atoms with Gasteiger partial charge in [-0.3, -0.25) is 14.8 Å². The number of amidine groups is 1. The van der Waals surface area contributed by atoms with E-state index in [9.17, 15) is 14.6 Å². The fourth-order valence-corrected chi connectivity index (χ4v) is 8.06. The Hall–Kier alpha value is -4.03. The number of rotatable bonds is 7. The lowest BCUT2D eigenvalue weighted by atomic mass is 9.58. The highest BCUT2D eigenvalue weighted by molar-refractivity contribution is 5.98. The van der Waals surface area contributed by atoms with E-state index in [0.717, 1.165) is 50.8 Å². The van der Waals surface area contributed by atoms with Gasteiger partial charge in [-0.05, 0) is 79.8 Å². The number of halogens is 1. The highest BCUT2D eigenvalue weighted by Crippen LogP contribution is 2.48. The third-order valence-corrected chi connectivity index (χ3v) is 12.5. The van der Waals surface area contributed by atoms with Crippen molar-refractivity contribution < 1.29 is 9.13 Å². The van der Waals surface area contributed by atoms with E-state index in [1.54, 1.807) is 16.7 Å². The molecule has 0 radical (unpaired) electrons. The van der Waals surface area contributed by atoms with Crippen LogP contribution in [0.15, 0.2) is 46.2 Å². The predicted molar refractivity (Wildman–Crippen MR) is 208 cm³/mol. The van der Waals surface area contributed by atoms with E-state index < -0.39 is 0 Å². The Morgan fingerprint density at radius 2 is 1.83 bits per heavy atom. The Bertz CT molecular complexity index is 1850. The number of ether oxygens (including phenoxy) is 1. The second-order valence-electron chi connectivity index (χ2n) is 16.0. The first-order valence-corrected chi connectivity index (χ1v) is 19.0. The van der Waals surface area contributed by atoms with Crippen molar-refractivity contribution in [3.05, 3.63) is 64.0 Å². The van der Waals surface area contributed by atoms with Crippen LogP contribution >= 0.6 is 0 Å². The van der Waals surface area contributed by atoms with Crippen LogP contribution in [0.1, 0.15) is 59.4 Å². The van der Waals surface area contributed by atoms with E-state index >= 15 is 0 Å². The van der Waals surface area contributed by atoms with Crippen LogP contribution in [0.3, 0.4) is 0 Å². The van der Waals surface area contributed by atoms with Crippen molar-refractivity contribution in [3.63, 3.8) is 0 Å². The summed E-state index contributed by atoms with van der Waals surface area (Å²) in [6, 6.07) is 10.9. The van der Waals surface area contributed by atoms with Crippen LogP contribution in [0.5, 0.6) is 5.75 Å². The number of hydrogen-bond donors (Lipinski definition) is 3. The average Bonchev–Trinajstić information content (AvgIpc) is 3.12. The van der Waals surface area contributed by atoms with Crippen LogP contribution in [0.2, 0.25) is 0 Å². The first kappa shape index (κ1) is 37.7. The predicted octanol–water partition coefficient (Wildman–Crippen LogP) is 5.13. The molecule has 2 saturated heterocycles. The molecule has 2 aliphatic heterocycles. The van der Waals surface area contributed by atoms with Gasteiger partial charge in [0.15, 0.2) is 17.6 Å². The summed E-state index contributed by atoms with van der Waals surface area (Å²) in [5.41, 5.74) is 1.78. The summed E-state index contributed by atoms with van der Waals surface area (Å²) in [5.74, 6) is 2.88. The first-order chi connectivity index (χ1) is 24.8. The average molecular weight is 716 g/mol. The number of nitrogens with zero attached hydrogens (tertiary/aromatic N) is 6. The minimum absolute atomic E-state index is 0.182. The highest BCUT2D eigenvalue weighted by atomic mass is 19.1. The van der Waals surface area contributed by atoms with Gasteiger partial charge in [0.05, 0.1) is 24.1 Å². The van der Waals surface area contributed by atoms with Crippen molar-refractivity contribution in [1.29, 1.82) is 5.41 Å². The summed E-state index contributed by atoms with van der Waals surface area (Å²) < 4.78 is 21.7. The zero-order valence-corrected chi connectivity index (χ0v) is 32.3. The van der Waals surface area contributed by atoms with Gasteiger partial charge in [0.2, 0.25) is 0 Å². The Kier molecular flexibility index (Phi) is 11.3. The van der Waals surface area contributed by atoms with Crippen molar-refractivity contribution in [1.82, 2.24) is 29.6 Å². The molecule has 0 bridgehead atoms. The van der Waals surface area contributed by atoms with Crippen LogP contribution in [-0.4, -0.2) is 108 Å². The molecule has 3 N–H and O–H groups in total. The van der Waals surface area contributed by atoms with Crippen molar-refractivity contribution in [2.75, 3.05) is 65.3 Å². The molecule has 3 aromatic rings. The maximum atomic E-state index is 15.0. The Morgan fingerprint density at radius 3 is 2.52 bits per heavy atom. The first-order valence-electron chi connectivity index (χ1n) is 19.0. The molecule has 2 aromatic carbocycles. The van der Waals surface area contributed by atoms with Gasteiger partial charge < -0.3 is 30.1 Å². The number of aromatic nitrogens is 2. The highest BCUT2D eigenvalue weighted by Gasteiger charge is 2.44. The van der Waals surface area contributed by atoms with Crippen LogP contribution in [-0.2, 0) is 13.0 Å². The summed E-state index contributed by atoms with van der Waals surface area (Å²) >= 11 is 0. The summed E-state index contributed by atoms with van der Waals surface area (Å²) in [5, 5.41) is 16.9. The molecule has 12 heteroatoms. The van der Waals surface area contributed by atoms with Gasteiger partial charge in [0.25, 0.3) is 5.56 Å². The summed E-state index contributed by atoms with van der Waals surface area (Å²) in [6.45, 7) is 19.7. The van der Waals surface area contributed by atoms with Crippen LogP contribution < -0.4 is 20.9 Å². The Balaban J connectivity index is 1.36. The molecule has 3 heterocycles. The SMILES string of the molecule is COc1ccc(CCn2c(C(=N)N3CCN(C)CC3)nc3cc(NC(=N[C@H]4C[C@@H](C)C(C)(C)[C@@H](C)[C@@H]4C)N4CCN[C@@H](C)C4)ccc3c2=O)c(F)c1. The number of piperazine rings is 2. The van der Waals surface area contributed by atoms with Gasteiger partial charge in [-0.15, -0.1) is 0 Å². The number of nitrogens with one attached hydrogen (secondary N) is 3. The summed E-state index contributed by atoms with van der Waals surface area (Å²) in [7, 11) is 3.57. The maximum Gasteiger partial charge on any atom is 0.261 e. The lowest BCUT2D eigenvalue weighted by Gasteiger charge is -2.49. The van der Waals surface area contributed by atoms with Crippen LogP contribution in [0.4, 0.5) is 10.1 Å². The molecular weight excluding hydrogens is 657 g/mol. The summed E-state index contributed by atoms with van der Waals surface area (Å²) in [6.07, 6.45) is 1.30. The summed E-state index contributed by atoms with van der Waals surface area (Å²) in [4.78, 5) is 31.3. The largest absolute Gasteiger partial charge is 0.497 e. The fourth-order valence-electron chi connectivity index (χ4n) is 8.06. The van der Waals surface area contributed by atoms with Crippen molar-refractivity contribution >= 4 is 28.4 Å². The second kappa shape index (κ2) is 15.5. The molecule has 3 aliphatic rings. The van der Waals surface area contributed by atoms with Gasteiger partial charge >= 0.3 is 0 Å². The molecule has 0 spiro atoms. The topological polar surface area (TPSA) is 114 Å². The Morgan fingerprint density at radius 1 is 1.08 bits per heavy atom. The van der Waals surface area contributed by atoms with E-state index in [2.05, 4.69) is 69.0 Å². The number of aryl methyl sites for hydroxylation is 1. The van der Waals surface area contributed by atoms with Gasteiger partial charge in [-0.1, -0.05) is 40.7 Å². The zero-order chi connectivity index (χ0) is 37.3. The molecule has 1 saturated carbocycles. The van der Waals surface area contributed by atoms with E-state index in [-0.39, 0.29) is 41.6 Å². The van der Waals surface area contributed by atoms with E-state index in [4.69, 9.17) is 14.7 Å².